The molecule has 0 spiro atoms. The fraction of sp³-hybridized carbons (Fsp3) is 0.552. The molecule has 0 atom stereocenters. The zero-order valence-electron chi connectivity index (χ0n) is 21.9. The number of hydrogen-bond donors (Lipinski definition) is 0. The number of pyridine rings is 1. The molecule has 0 aliphatic carbocycles. The van der Waals surface area contributed by atoms with Gasteiger partial charge in [0.15, 0.2) is 5.65 Å². The van der Waals surface area contributed by atoms with Crippen LogP contribution >= 0.6 is 15.9 Å². The maximum atomic E-state index is 13.5. The second-order valence-corrected chi connectivity index (χ2v) is 10.8. The Labute approximate surface area is 224 Å². The number of fused-ring (bicyclic) bond motifs is 1. The van der Waals surface area contributed by atoms with Gasteiger partial charge < -0.3 is 14.4 Å². The van der Waals surface area contributed by atoms with Gasteiger partial charge in [-0.1, -0.05) is 61.2 Å². The van der Waals surface area contributed by atoms with E-state index in [-0.39, 0.29) is 5.91 Å². The molecule has 0 saturated carbocycles. The van der Waals surface area contributed by atoms with Crippen LogP contribution in [0.5, 0.6) is 0 Å². The average Bonchev–Trinajstić information content (AvgIpc) is 3.27. The molecule has 194 valence electrons. The van der Waals surface area contributed by atoms with Crippen LogP contribution in [0.25, 0.3) is 22.6 Å². The van der Waals surface area contributed by atoms with Gasteiger partial charge in [0.25, 0.3) is 5.91 Å². The predicted molar refractivity (Wildman–Crippen MR) is 151 cm³/mol. The number of piperidine rings is 1. The second kappa shape index (κ2) is 13.3. The fourth-order valence-electron chi connectivity index (χ4n) is 4.96. The molecule has 7 heteroatoms. The van der Waals surface area contributed by atoms with Crippen LogP contribution in [0.3, 0.4) is 0 Å². The Bertz CT molecular complexity index is 1110. The van der Waals surface area contributed by atoms with Gasteiger partial charge in [-0.25, -0.2) is 9.97 Å². The van der Waals surface area contributed by atoms with Gasteiger partial charge >= 0.3 is 0 Å². The number of hydrogen-bond acceptors (Lipinski definition) is 4. The monoisotopic (exact) mass is 553 g/mol. The Morgan fingerprint density at radius 2 is 1.58 bits per heavy atom. The summed E-state index contributed by atoms with van der Waals surface area (Å²) in [6.45, 7) is 10.2. The van der Waals surface area contributed by atoms with E-state index in [0.717, 1.165) is 85.3 Å². The smallest absolute Gasteiger partial charge is 0.272 e. The third-order valence-corrected chi connectivity index (χ3v) is 7.60. The Morgan fingerprint density at radius 3 is 2.25 bits per heavy atom. The summed E-state index contributed by atoms with van der Waals surface area (Å²) in [5.74, 6) is 0.951. The van der Waals surface area contributed by atoms with Crippen molar-refractivity contribution in [2.75, 3.05) is 32.7 Å². The van der Waals surface area contributed by atoms with Gasteiger partial charge in [-0.05, 0) is 76.0 Å². The number of carbonyl (C=O) groups is 1. The lowest BCUT2D eigenvalue weighted by Crippen LogP contribution is -2.33. The van der Waals surface area contributed by atoms with E-state index >= 15 is 0 Å². The summed E-state index contributed by atoms with van der Waals surface area (Å²) in [4.78, 5) is 27.9. The normalized spacial score (nSPS) is 14.4. The Morgan fingerprint density at radius 1 is 0.889 bits per heavy atom. The summed E-state index contributed by atoms with van der Waals surface area (Å²) in [5.41, 5.74) is 3.24. The highest BCUT2D eigenvalue weighted by molar-refractivity contribution is 9.10. The van der Waals surface area contributed by atoms with Crippen molar-refractivity contribution in [3.63, 3.8) is 0 Å². The summed E-state index contributed by atoms with van der Waals surface area (Å²) >= 11 is 3.54. The maximum Gasteiger partial charge on any atom is 0.272 e. The highest BCUT2D eigenvalue weighted by Gasteiger charge is 2.20. The molecule has 1 amide bonds. The molecule has 0 unspecified atom stereocenters. The zero-order chi connectivity index (χ0) is 25.3. The van der Waals surface area contributed by atoms with Gasteiger partial charge in [0, 0.05) is 29.7 Å². The molecule has 0 bridgehead atoms. The van der Waals surface area contributed by atoms with Crippen LogP contribution in [0.15, 0.2) is 40.9 Å². The van der Waals surface area contributed by atoms with Crippen molar-refractivity contribution in [2.24, 2.45) is 0 Å². The quantitative estimate of drug-likeness (QED) is 0.248. The molecule has 1 saturated heterocycles. The maximum absolute atomic E-state index is 13.5. The topological polar surface area (TPSA) is 54.3 Å². The molecule has 6 nitrogen and oxygen atoms in total. The highest BCUT2D eigenvalue weighted by atomic mass is 79.9. The SMILES string of the molecule is CCCCN(CCCC)C(=O)c1ccc2nc(-c3ccc(Br)cc3)n(CCCN3CCCCC3)c2n1. The summed E-state index contributed by atoms with van der Waals surface area (Å²) in [5, 5.41) is 0. The van der Waals surface area contributed by atoms with Crippen molar-refractivity contribution in [2.45, 2.75) is 71.8 Å². The number of amides is 1. The summed E-state index contributed by atoms with van der Waals surface area (Å²) in [6, 6.07) is 12.1. The molecule has 3 heterocycles. The molecule has 1 fully saturated rings. The van der Waals surface area contributed by atoms with Gasteiger partial charge in [-0.2, -0.15) is 0 Å². The molecule has 0 N–H and O–H groups in total. The number of rotatable bonds is 12. The molecular weight excluding hydrogens is 514 g/mol. The van der Waals surface area contributed by atoms with E-state index in [1.807, 2.05) is 17.0 Å². The van der Waals surface area contributed by atoms with Crippen molar-refractivity contribution in [1.82, 2.24) is 24.3 Å². The predicted octanol–water partition coefficient (Wildman–Crippen LogP) is 6.78. The minimum atomic E-state index is 0.0325. The van der Waals surface area contributed by atoms with E-state index in [1.165, 1.54) is 32.4 Å². The van der Waals surface area contributed by atoms with E-state index in [0.29, 0.717) is 5.69 Å². The number of halogens is 1. The van der Waals surface area contributed by atoms with E-state index < -0.39 is 0 Å². The van der Waals surface area contributed by atoms with Crippen LogP contribution in [-0.4, -0.2) is 63.0 Å². The first kappa shape index (κ1) is 26.8. The van der Waals surface area contributed by atoms with E-state index in [9.17, 15) is 4.79 Å². The van der Waals surface area contributed by atoms with Crippen molar-refractivity contribution < 1.29 is 4.79 Å². The zero-order valence-corrected chi connectivity index (χ0v) is 23.5. The molecule has 36 heavy (non-hydrogen) atoms. The Hall–Kier alpha value is -2.25. The minimum absolute atomic E-state index is 0.0325. The number of likely N-dealkylation sites (tertiary alicyclic amines) is 1. The van der Waals surface area contributed by atoms with Crippen molar-refractivity contribution in [3.05, 3.63) is 46.6 Å². The first-order chi connectivity index (χ1) is 17.6. The number of aryl methyl sites for hydroxylation is 1. The van der Waals surface area contributed by atoms with Crippen LogP contribution in [-0.2, 0) is 6.54 Å². The lowest BCUT2D eigenvalue weighted by molar-refractivity contribution is 0.0745. The van der Waals surface area contributed by atoms with E-state index in [4.69, 9.17) is 9.97 Å². The summed E-state index contributed by atoms with van der Waals surface area (Å²) in [6.07, 6.45) is 9.17. The largest absolute Gasteiger partial charge is 0.337 e. The van der Waals surface area contributed by atoms with Crippen molar-refractivity contribution in [1.29, 1.82) is 0 Å². The lowest BCUT2D eigenvalue weighted by Gasteiger charge is -2.26. The molecule has 4 rings (SSSR count). The standard InChI is InChI=1S/C29H40BrN5O/c1-3-5-20-34(21-6-4-2)29(36)26-16-15-25-28(32-26)35(22-10-19-33-17-8-7-9-18-33)27(31-25)23-11-13-24(30)14-12-23/h11-16H,3-10,17-22H2,1-2H3. The molecule has 0 radical (unpaired) electrons. The van der Waals surface area contributed by atoms with Gasteiger partial charge in [0.2, 0.25) is 0 Å². The summed E-state index contributed by atoms with van der Waals surface area (Å²) in [7, 11) is 0. The van der Waals surface area contributed by atoms with Crippen molar-refractivity contribution in [3.8, 4) is 11.4 Å². The van der Waals surface area contributed by atoms with Gasteiger partial charge in [-0.3, -0.25) is 4.79 Å². The third-order valence-electron chi connectivity index (χ3n) is 7.07. The van der Waals surface area contributed by atoms with Crippen LogP contribution in [0, 0.1) is 0 Å². The fourth-order valence-corrected chi connectivity index (χ4v) is 5.23. The van der Waals surface area contributed by atoms with Crippen LogP contribution in [0.2, 0.25) is 0 Å². The lowest BCUT2D eigenvalue weighted by atomic mass is 10.1. The molecule has 2 aromatic heterocycles. The van der Waals surface area contributed by atoms with Gasteiger partial charge in [0.05, 0.1) is 0 Å². The number of unbranched alkanes of at least 4 members (excludes halogenated alkanes) is 2. The number of benzene rings is 1. The first-order valence-electron chi connectivity index (χ1n) is 13.8. The number of aromatic nitrogens is 3. The number of nitrogens with zero attached hydrogens (tertiary/aromatic N) is 5. The molecule has 1 aliphatic heterocycles. The first-order valence-corrected chi connectivity index (χ1v) is 14.5. The Kier molecular flexibility index (Phi) is 9.93. The molecular formula is C29H40BrN5O. The van der Waals surface area contributed by atoms with Crippen LogP contribution < -0.4 is 0 Å². The third kappa shape index (κ3) is 6.74. The average molecular weight is 555 g/mol. The number of carbonyl (C=O) groups excluding carboxylic acids is 1. The van der Waals surface area contributed by atoms with Crippen molar-refractivity contribution >= 4 is 33.0 Å². The van der Waals surface area contributed by atoms with Gasteiger partial charge in [0.1, 0.15) is 17.0 Å². The highest BCUT2D eigenvalue weighted by Crippen LogP contribution is 2.26. The minimum Gasteiger partial charge on any atom is -0.337 e. The molecule has 1 aromatic carbocycles. The summed E-state index contributed by atoms with van der Waals surface area (Å²) < 4.78 is 3.27. The van der Waals surface area contributed by atoms with Crippen LogP contribution in [0.4, 0.5) is 0 Å². The van der Waals surface area contributed by atoms with E-state index in [1.54, 1.807) is 0 Å². The van der Waals surface area contributed by atoms with E-state index in [2.05, 4.69) is 63.5 Å². The second-order valence-electron chi connectivity index (χ2n) is 9.89. The molecule has 1 aliphatic rings. The van der Waals surface area contributed by atoms with Gasteiger partial charge in [-0.15, -0.1) is 0 Å². The number of imidazole rings is 1. The molecule has 3 aromatic rings. The Balaban J connectivity index is 1.64. The van der Waals surface area contributed by atoms with Crippen LogP contribution in [0.1, 0.15) is 75.7 Å².